The Morgan fingerprint density at radius 1 is 1.50 bits per heavy atom. The van der Waals surface area contributed by atoms with Gasteiger partial charge in [-0.1, -0.05) is 0 Å². The van der Waals surface area contributed by atoms with E-state index in [1.54, 1.807) is 30.6 Å². The molecule has 4 heteroatoms. The molecule has 0 aliphatic heterocycles. The summed E-state index contributed by atoms with van der Waals surface area (Å²) in [7, 11) is 0. The van der Waals surface area contributed by atoms with Crippen molar-refractivity contribution in [3.63, 3.8) is 0 Å². The molecule has 0 aliphatic rings. The number of hydrogen-bond acceptors (Lipinski definition) is 3. The number of rotatable bonds is 2. The highest BCUT2D eigenvalue weighted by atomic mass is 16.2. The Balaban J connectivity index is 2.64. The van der Waals surface area contributed by atoms with Gasteiger partial charge >= 0.3 is 0 Å². The fourth-order valence-corrected chi connectivity index (χ4v) is 0.695. The first-order valence-corrected chi connectivity index (χ1v) is 3.41. The van der Waals surface area contributed by atoms with Crippen molar-refractivity contribution in [2.75, 3.05) is 0 Å². The molecule has 62 valence electrons. The van der Waals surface area contributed by atoms with Crippen molar-refractivity contribution in [1.29, 1.82) is 0 Å². The average molecular weight is 163 g/mol. The molecule has 0 unspecified atom stereocenters. The maximum Gasteiger partial charge on any atom is 0.257 e. The van der Waals surface area contributed by atoms with Crippen LogP contribution in [-0.4, -0.2) is 10.9 Å². The number of nitrogens with two attached hydrogens (primary N) is 1. The van der Waals surface area contributed by atoms with Crippen molar-refractivity contribution >= 4 is 12.0 Å². The zero-order valence-electron chi connectivity index (χ0n) is 6.40. The molecule has 0 aromatic carbocycles. The summed E-state index contributed by atoms with van der Waals surface area (Å²) in [4.78, 5) is 14.5. The van der Waals surface area contributed by atoms with E-state index in [1.807, 2.05) is 5.43 Å². The van der Waals surface area contributed by atoms with E-state index in [2.05, 4.69) is 4.98 Å². The minimum absolute atomic E-state index is 0.327. The van der Waals surface area contributed by atoms with Crippen LogP contribution in [0.5, 0.6) is 0 Å². The van der Waals surface area contributed by atoms with Gasteiger partial charge in [0.2, 0.25) is 0 Å². The molecule has 0 atom stereocenters. The molecule has 4 nitrogen and oxygen atoms in total. The van der Waals surface area contributed by atoms with Gasteiger partial charge in [-0.25, -0.2) is 5.84 Å². The first kappa shape index (κ1) is 8.42. The second-order valence-electron chi connectivity index (χ2n) is 2.12. The Morgan fingerprint density at radius 2 is 2.17 bits per heavy atom. The maximum atomic E-state index is 10.6. The summed E-state index contributed by atoms with van der Waals surface area (Å²) >= 11 is 0. The molecule has 1 amide bonds. The number of amides is 1. The van der Waals surface area contributed by atoms with Gasteiger partial charge < -0.3 is 0 Å². The number of carbonyl (C=O) groups excluding carboxylic acids is 1. The molecular formula is C8H9N3O. The van der Waals surface area contributed by atoms with E-state index in [0.29, 0.717) is 0 Å². The molecule has 1 heterocycles. The number of pyridine rings is 1. The van der Waals surface area contributed by atoms with Gasteiger partial charge in [-0.05, 0) is 23.8 Å². The third-order valence-corrected chi connectivity index (χ3v) is 1.28. The van der Waals surface area contributed by atoms with Gasteiger partial charge in [-0.3, -0.25) is 15.2 Å². The van der Waals surface area contributed by atoms with Crippen LogP contribution < -0.4 is 11.3 Å². The highest BCUT2D eigenvalue weighted by Crippen LogP contribution is 1.97. The molecule has 0 spiro atoms. The quantitative estimate of drug-likeness (QED) is 0.281. The van der Waals surface area contributed by atoms with Crippen molar-refractivity contribution in [1.82, 2.24) is 10.4 Å². The standard InChI is InChI=1S/C8H9N3O/c9-11-8(12)2-1-7-3-5-10-6-4-7/h1-6H,9H2,(H,11,12)/b2-1-. The Hall–Kier alpha value is -1.68. The van der Waals surface area contributed by atoms with Crippen LogP contribution in [0.2, 0.25) is 0 Å². The molecule has 0 saturated heterocycles. The van der Waals surface area contributed by atoms with Crippen molar-refractivity contribution in [3.8, 4) is 0 Å². The molecule has 0 saturated carbocycles. The highest BCUT2D eigenvalue weighted by Gasteiger charge is 1.88. The monoisotopic (exact) mass is 163 g/mol. The summed E-state index contributed by atoms with van der Waals surface area (Å²) in [5.41, 5.74) is 2.90. The molecule has 0 fully saturated rings. The SMILES string of the molecule is NNC(=O)/C=C\c1ccncc1. The van der Waals surface area contributed by atoms with Crippen molar-refractivity contribution < 1.29 is 4.79 Å². The third kappa shape index (κ3) is 2.51. The lowest BCUT2D eigenvalue weighted by atomic mass is 10.2. The Bertz CT molecular complexity index is 282. The van der Waals surface area contributed by atoms with Crippen LogP contribution >= 0.6 is 0 Å². The Morgan fingerprint density at radius 3 is 2.75 bits per heavy atom. The van der Waals surface area contributed by atoms with Crippen molar-refractivity contribution in [2.24, 2.45) is 5.84 Å². The fourth-order valence-electron chi connectivity index (χ4n) is 0.695. The predicted molar refractivity (Wildman–Crippen MR) is 45.6 cm³/mol. The lowest BCUT2D eigenvalue weighted by Crippen LogP contribution is -2.27. The largest absolute Gasteiger partial charge is 0.291 e. The van der Waals surface area contributed by atoms with Crippen LogP contribution in [0.3, 0.4) is 0 Å². The zero-order valence-corrected chi connectivity index (χ0v) is 6.40. The first-order valence-electron chi connectivity index (χ1n) is 3.41. The number of aromatic nitrogens is 1. The van der Waals surface area contributed by atoms with Crippen molar-refractivity contribution in [3.05, 3.63) is 36.2 Å². The van der Waals surface area contributed by atoms with E-state index >= 15 is 0 Å². The number of nitrogens with one attached hydrogen (secondary N) is 1. The predicted octanol–water partition coefficient (Wildman–Crippen LogP) is 0.0847. The van der Waals surface area contributed by atoms with Gasteiger partial charge in [0.25, 0.3) is 5.91 Å². The summed E-state index contributed by atoms with van der Waals surface area (Å²) < 4.78 is 0. The minimum Gasteiger partial charge on any atom is -0.291 e. The number of hydrazine groups is 1. The summed E-state index contributed by atoms with van der Waals surface area (Å²) in [5.74, 6) is 4.55. The normalized spacial score (nSPS) is 10.1. The zero-order chi connectivity index (χ0) is 8.81. The van der Waals surface area contributed by atoms with Gasteiger partial charge in [-0.15, -0.1) is 0 Å². The molecule has 1 rings (SSSR count). The first-order chi connectivity index (χ1) is 5.83. The van der Waals surface area contributed by atoms with Crippen LogP contribution in [0, 0.1) is 0 Å². The second kappa shape index (κ2) is 4.25. The summed E-state index contributed by atoms with van der Waals surface area (Å²) in [6.07, 6.45) is 6.32. The minimum atomic E-state index is -0.327. The highest BCUT2D eigenvalue weighted by molar-refractivity contribution is 5.91. The van der Waals surface area contributed by atoms with E-state index in [4.69, 9.17) is 5.84 Å². The number of nitrogens with zero attached hydrogens (tertiary/aromatic N) is 1. The van der Waals surface area contributed by atoms with Gasteiger partial charge in [0.15, 0.2) is 0 Å². The van der Waals surface area contributed by atoms with Crippen LogP contribution in [-0.2, 0) is 4.79 Å². The van der Waals surface area contributed by atoms with E-state index in [0.717, 1.165) is 5.56 Å². The van der Waals surface area contributed by atoms with E-state index in [1.165, 1.54) is 6.08 Å². The van der Waals surface area contributed by atoms with E-state index < -0.39 is 0 Å². The van der Waals surface area contributed by atoms with Crippen molar-refractivity contribution in [2.45, 2.75) is 0 Å². The van der Waals surface area contributed by atoms with E-state index in [9.17, 15) is 4.79 Å². The van der Waals surface area contributed by atoms with Gasteiger partial charge in [0.05, 0.1) is 0 Å². The molecule has 1 aromatic rings. The topological polar surface area (TPSA) is 68.0 Å². The fraction of sp³-hybridized carbons (Fsp3) is 0. The van der Waals surface area contributed by atoms with Gasteiger partial charge in [-0.2, -0.15) is 0 Å². The smallest absolute Gasteiger partial charge is 0.257 e. The molecule has 0 bridgehead atoms. The lowest BCUT2D eigenvalue weighted by molar-refractivity contribution is -0.116. The second-order valence-corrected chi connectivity index (χ2v) is 2.12. The molecule has 0 aliphatic carbocycles. The van der Waals surface area contributed by atoms with Gasteiger partial charge in [0.1, 0.15) is 0 Å². The lowest BCUT2D eigenvalue weighted by Gasteiger charge is -1.90. The molecule has 0 radical (unpaired) electrons. The molecule has 12 heavy (non-hydrogen) atoms. The summed E-state index contributed by atoms with van der Waals surface area (Å²) in [6, 6.07) is 3.58. The summed E-state index contributed by atoms with van der Waals surface area (Å²) in [6.45, 7) is 0. The van der Waals surface area contributed by atoms with E-state index in [-0.39, 0.29) is 5.91 Å². The van der Waals surface area contributed by atoms with Crippen LogP contribution in [0.15, 0.2) is 30.6 Å². The van der Waals surface area contributed by atoms with Crippen LogP contribution in [0.4, 0.5) is 0 Å². The van der Waals surface area contributed by atoms with Crippen LogP contribution in [0.1, 0.15) is 5.56 Å². The number of hydrogen-bond donors (Lipinski definition) is 2. The summed E-state index contributed by atoms with van der Waals surface area (Å²) in [5, 5.41) is 0. The Kier molecular flexibility index (Phi) is 2.98. The number of carbonyl (C=O) groups is 1. The molecule has 3 N–H and O–H groups in total. The Labute approximate surface area is 70.1 Å². The molecular weight excluding hydrogens is 154 g/mol. The van der Waals surface area contributed by atoms with Gasteiger partial charge in [0, 0.05) is 18.5 Å². The average Bonchev–Trinajstić information content (AvgIpc) is 2.16. The van der Waals surface area contributed by atoms with Crippen LogP contribution in [0.25, 0.3) is 6.08 Å². The molecule has 1 aromatic heterocycles. The maximum absolute atomic E-state index is 10.6. The third-order valence-electron chi connectivity index (χ3n) is 1.28.